The normalized spacial score (nSPS) is 11.6. The Bertz CT molecular complexity index is 848. The van der Waals surface area contributed by atoms with Crippen molar-refractivity contribution in [2.75, 3.05) is 13.2 Å². The van der Waals surface area contributed by atoms with Crippen LogP contribution in [0.15, 0.2) is 46.9 Å². The number of ether oxygens (including phenoxy) is 1. The molecule has 5 nitrogen and oxygen atoms in total. The van der Waals surface area contributed by atoms with Crippen LogP contribution in [0.2, 0.25) is 5.02 Å². The van der Waals surface area contributed by atoms with E-state index >= 15 is 0 Å². The Labute approximate surface area is 183 Å². The fourth-order valence-corrected chi connectivity index (χ4v) is 3.31. The molecular formula is C21H23BrClFN2O3. The van der Waals surface area contributed by atoms with Gasteiger partial charge in [0.15, 0.2) is 6.61 Å². The Balaban J connectivity index is 2.14. The molecular weight excluding hydrogens is 463 g/mol. The number of hydrogen-bond donors (Lipinski definition) is 1. The van der Waals surface area contributed by atoms with Gasteiger partial charge in [-0.05, 0) is 49.2 Å². The number of amides is 2. The van der Waals surface area contributed by atoms with Crippen molar-refractivity contribution < 1.29 is 18.7 Å². The maximum absolute atomic E-state index is 13.2. The van der Waals surface area contributed by atoms with Crippen LogP contribution in [-0.2, 0) is 16.1 Å². The average molecular weight is 486 g/mol. The third kappa shape index (κ3) is 7.01. The molecule has 2 rings (SSSR count). The highest BCUT2D eigenvalue weighted by Crippen LogP contribution is 2.27. The van der Waals surface area contributed by atoms with Gasteiger partial charge in [0.2, 0.25) is 5.91 Å². The van der Waals surface area contributed by atoms with Gasteiger partial charge in [-0.25, -0.2) is 4.39 Å². The molecule has 0 saturated heterocycles. The second-order valence-corrected chi connectivity index (χ2v) is 7.80. The molecule has 1 N–H and O–H groups in total. The SMILES string of the molecule is CCCNC(=O)C(C)N(Cc1ccc(F)cc1)C(=O)COc1ccc(Br)cc1Cl. The first kappa shape index (κ1) is 23.2. The first-order chi connectivity index (χ1) is 13.8. The van der Waals surface area contributed by atoms with Crippen molar-refractivity contribution in [3.05, 3.63) is 63.3 Å². The van der Waals surface area contributed by atoms with Crippen LogP contribution in [0.3, 0.4) is 0 Å². The molecule has 0 bridgehead atoms. The maximum atomic E-state index is 13.2. The van der Waals surface area contributed by atoms with E-state index in [1.54, 1.807) is 37.3 Å². The smallest absolute Gasteiger partial charge is 0.261 e. The minimum absolute atomic E-state index is 0.150. The van der Waals surface area contributed by atoms with Crippen molar-refractivity contribution in [2.24, 2.45) is 0 Å². The van der Waals surface area contributed by atoms with Crippen LogP contribution in [0.5, 0.6) is 5.75 Å². The molecule has 0 aliphatic carbocycles. The van der Waals surface area contributed by atoms with E-state index in [0.717, 1.165) is 10.9 Å². The quantitative estimate of drug-likeness (QED) is 0.566. The third-order valence-corrected chi connectivity index (χ3v) is 5.02. The van der Waals surface area contributed by atoms with Gasteiger partial charge in [-0.15, -0.1) is 0 Å². The van der Waals surface area contributed by atoms with Gasteiger partial charge in [0.1, 0.15) is 17.6 Å². The Hall–Kier alpha value is -2.12. The van der Waals surface area contributed by atoms with Crippen molar-refractivity contribution >= 4 is 39.3 Å². The summed E-state index contributed by atoms with van der Waals surface area (Å²) in [4.78, 5) is 26.7. The van der Waals surface area contributed by atoms with E-state index in [0.29, 0.717) is 22.9 Å². The van der Waals surface area contributed by atoms with Crippen molar-refractivity contribution in [1.82, 2.24) is 10.2 Å². The molecule has 0 radical (unpaired) electrons. The van der Waals surface area contributed by atoms with E-state index in [9.17, 15) is 14.0 Å². The summed E-state index contributed by atoms with van der Waals surface area (Å²) in [5.41, 5.74) is 0.705. The molecule has 2 aromatic carbocycles. The zero-order valence-corrected chi connectivity index (χ0v) is 18.6. The highest BCUT2D eigenvalue weighted by molar-refractivity contribution is 9.10. The lowest BCUT2D eigenvalue weighted by Gasteiger charge is -2.28. The second kappa shape index (κ2) is 11.2. The summed E-state index contributed by atoms with van der Waals surface area (Å²) in [5.74, 6) is -0.641. The monoisotopic (exact) mass is 484 g/mol. The lowest BCUT2D eigenvalue weighted by Crippen LogP contribution is -2.49. The second-order valence-electron chi connectivity index (χ2n) is 6.48. The van der Waals surface area contributed by atoms with Crippen LogP contribution in [0, 0.1) is 5.82 Å². The highest BCUT2D eigenvalue weighted by Gasteiger charge is 2.26. The molecule has 156 valence electrons. The number of nitrogens with one attached hydrogen (secondary N) is 1. The lowest BCUT2D eigenvalue weighted by atomic mass is 10.1. The fourth-order valence-electron chi connectivity index (χ4n) is 2.58. The van der Waals surface area contributed by atoms with E-state index in [1.165, 1.54) is 17.0 Å². The zero-order valence-electron chi connectivity index (χ0n) is 16.3. The van der Waals surface area contributed by atoms with Gasteiger partial charge in [0.25, 0.3) is 5.91 Å². The minimum atomic E-state index is -0.719. The molecule has 0 aliphatic rings. The number of halogens is 3. The Morgan fingerprint density at radius 1 is 1.24 bits per heavy atom. The summed E-state index contributed by atoms with van der Waals surface area (Å²) in [6, 6.07) is 10.2. The first-order valence-corrected chi connectivity index (χ1v) is 10.4. The van der Waals surface area contributed by atoms with Crippen LogP contribution in [0.4, 0.5) is 4.39 Å². The Kier molecular flexibility index (Phi) is 8.92. The summed E-state index contributed by atoms with van der Waals surface area (Å²) in [7, 11) is 0. The molecule has 2 aromatic rings. The van der Waals surface area contributed by atoms with Crippen molar-refractivity contribution in [2.45, 2.75) is 32.9 Å². The van der Waals surface area contributed by atoms with Crippen LogP contribution in [0.1, 0.15) is 25.8 Å². The third-order valence-electron chi connectivity index (χ3n) is 4.23. The topological polar surface area (TPSA) is 58.6 Å². The molecule has 29 heavy (non-hydrogen) atoms. The van der Waals surface area contributed by atoms with Crippen molar-refractivity contribution in [3.63, 3.8) is 0 Å². The summed E-state index contributed by atoms with van der Waals surface area (Å²) >= 11 is 9.44. The summed E-state index contributed by atoms with van der Waals surface area (Å²) in [6.45, 7) is 3.99. The van der Waals surface area contributed by atoms with Crippen molar-refractivity contribution in [1.29, 1.82) is 0 Å². The van der Waals surface area contributed by atoms with Gasteiger partial charge in [-0.3, -0.25) is 9.59 Å². The van der Waals surface area contributed by atoms with Gasteiger partial charge < -0.3 is 15.0 Å². The van der Waals surface area contributed by atoms with Gasteiger partial charge in [-0.2, -0.15) is 0 Å². The van der Waals surface area contributed by atoms with Gasteiger partial charge in [-0.1, -0.05) is 46.6 Å². The van der Waals surface area contributed by atoms with Crippen molar-refractivity contribution in [3.8, 4) is 5.75 Å². The number of nitrogens with zero attached hydrogens (tertiary/aromatic N) is 1. The Morgan fingerprint density at radius 2 is 1.93 bits per heavy atom. The zero-order chi connectivity index (χ0) is 21.4. The predicted molar refractivity (Wildman–Crippen MR) is 114 cm³/mol. The highest BCUT2D eigenvalue weighted by atomic mass is 79.9. The maximum Gasteiger partial charge on any atom is 0.261 e. The molecule has 0 aliphatic heterocycles. The minimum Gasteiger partial charge on any atom is -0.482 e. The van der Waals surface area contributed by atoms with Crippen LogP contribution in [-0.4, -0.2) is 35.9 Å². The number of benzene rings is 2. The van der Waals surface area contributed by atoms with Gasteiger partial charge >= 0.3 is 0 Å². The molecule has 0 fully saturated rings. The predicted octanol–water partition coefficient (Wildman–Crippen LogP) is 4.56. The van der Waals surface area contributed by atoms with Crippen LogP contribution < -0.4 is 10.1 Å². The largest absolute Gasteiger partial charge is 0.482 e. The molecule has 0 aromatic heterocycles. The summed E-state index contributed by atoms with van der Waals surface area (Å²) < 4.78 is 19.6. The fraction of sp³-hybridized carbons (Fsp3) is 0.333. The van der Waals surface area contributed by atoms with E-state index in [-0.39, 0.29) is 30.8 Å². The standard InChI is InChI=1S/C21H23BrClFN2O3/c1-3-10-25-21(28)14(2)26(12-15-4-7-17(24)8-5-15)20(27)13-29-19-9-6-16(22)11-18(19)23/h4-9,11,14H,3,10,12-13H2,1-2H3,(H,25,28). The number of carbonyl (C=O) groups excluding carboxylic acids is 2. The summed E-state index contributed by atoms with van der Waals surface area (Å²) in [5, 5.41) is 3.16. The van der Waals surface area contributed by atoms with Gasteiger partial charge in [0, 0.05) is 17.6 Å². The average Bonchev–Trinajstić information content (AvgIpc) is 2.70. The lowest BCUT2D eigenvalue weighted by molar-refractivity contribution is -0.142. The first-order valence-electron chi connectivity index (χ1n) is 9.21. The number of rotatable bonds is 9. The molecule has 8 heteroatoms. The van der Waals surface area contributed by atoms with Crippen LogP contribution >= 0.6 is 27.5 Å². The molecule has 2 amide bonds. The summed E-state index contributed by atoms with van der Waals surface area (Å²) in [6.07, 6.45) is 0.787. The molecule has 0 spiro atoms. The number of carbonyl (C=O) groups is 2. The van der Waals surface area contributed by atoms with E-state index in [1.807, 2.05) is 6.92 Å². The van der Waals surface area contributed by atoms with Crippen LogP contribution in [0.25, 0.3) is 0 Å². The molecule has 0 heterocycles. The van der Waals surface area contributed by atoms with Gasteiger partial charge in [0.05, 0.1) is 5.02 Å². The molecule has 1 atom stereocenters. The number of hydrogen-bond acceptors (Lipinski definition) is 3. The Morgan fingerprint density at radius 3 is 2.55 bits per heavy atom. The van der Waals surface area contributed by atoms with E-state index in [4.69, 9.17) is 16.3 Å². The molecule has 1 unspecified atom stereocenters. The molecule has 0 saturated carbocycles. The van der Waals surface area contributed by atoms with E-state index < -0.39 is 6.04 Å². The van der Waals surface area contributed by atoms with E-state index in [2.05, 4.69) is 21.2 Å².